The summed E-state index contributed by atoms with van der Waals surface area (Å²) >= 11 is 1.04. The fourth-order valence-electron chi connectivity index (χ4n) is 1.90. The Morgan fingerprint density at radius 1 is 1.55 bits per heavy atom. The standard InChI is InChI=1S/C12H11N7O2S/c1-6-4-8(15-11-10(6)17-18-12(11)13)16-14-5-7-2-3-9(22-7)19(20)21/h2-5H,1H3,(H,15,16)(H3,13,17,18). The summed E-state index contributed by atoms with van der Waals surface area (Å²) in [5.41, 5.74) is 10.8. The van der Waals surface area contributed by atoms with E-state index in [-0.39, 0.29) is 5.00 Å². The van der Waals surface area contributed by atoms with Crippen LogP contribution >= 0.6 is 11.3 Å². The van der Waals surface area contributed by atoms with Gasteiger partial charge in [-0.15, -0.1) is 0 Å². The number of nitrogens with one attached hydrogen (secondary N) is 2. The maximum Gasteiger partial charge on any atom is 0.324 e. The molecule has 0 spiro atoms. The summed E-state index contributed by atoms with van der Waals surface area (Å²) in [6.45, 7) is 1.90. The quantitative estimate of drug-likeness (QED) is 0.383. The first kappa shape index (κ1) is 13.9. The van der Waals surface area contributed by atoms with Crippen molar-refractivity contribution in [3.63, 3.8) is 0 Å². The predicted octanol–water partition coefficient (Wildman–Crippen LogP) is 2.26. The summed E-state index contributed by atoms with van der Waals surface area (Å²) in [6.07, 6.45) is 1.50. The smallest absolute Gasteiger partial charge is 0.324 e. The van der Waals surface area contributed by atoms with Gasteiger partial charge in [0.2, 0.25) is 0 Å². The van der Waals surface area contributed by atoms with Gasteiger partial charge in [-0.05, 0) is 24.6 Å². The molecule has 0 amide bonds. The predicted molar refractivity (Wildman–Crippen MR) is 85.2 cm³/mol. The number of aryl methyl sites for hydroxylation is 1. The number of hydrogen-bond acceptors (Lipinski definition) is 8. The molecule has 0 aromatic carbocycles. The lowest BCUT2D eigenvalue weighted by Crippen LogP contribution is -1.95. The maximum absolute atomic E-state index is 10.6. The normalized spacial score (nSPS) is 11.3. The van der Waals surface area contributed by atoms with Gasteiger partial charge in [0, 0.05) is 6.07 Å². The lowest BCUT2D eigenvalue weighted by molar-refractivity contribution is -0.380. The molecule has 0 fully saturated rings. The number of hydrazone groups is 1. The molecule has 22 heavy (non-hydrogen) atoms. The highest BCUT2D eigenvalue weighted by molar-refractivity contribution is 7.16. The molecule has 4 N–H and O–H groups in total. The summed E-state index contributed by atoms with van der Waals surface area (Å²) < 4.78 is 0. The Bertz CT molecular complexity index is 883. The molecule has 0 radical (unpaired) electrons. The number of hydrogen-bond donors (Lipinski definition) is 3. The second-order valence-corrected chi connectivity index (χ2v) is 5.55. The van der Waals surface area contributed by atoms with Gasteiger partial charge < -0.3 is 5.73 Å². The minimum Gasteiger partial charge on any atom is -0.380 e. The first-order valence-electron chi connectivity index (χ1n) is 6.19. The van der Waals surface area contributed by atoms with Gasteiger partial charge in [-0.1, -0.05) is 11.3 Å². The number of aromatic nitrogens is 3. The molecule has 0 aliphatic rings. The van der Waals surface area contributed by atoms with E-state index in [2.05, 4.69) is 25.7 Å². The van der Waals surface area contributed by atoms with Crippen molar-refractivity contribution in [2.45, 2.75) is 6.92 Å². The van der Waals surface area contributed by atoms with E-state index in [0.29, 0.717) is 22.0 Å². The molecule has 0 saturated heterocycles. The van der Waals surface area contributed by atoms with Gasteiger partial charge >= 0.3 is 5.00 Å². The molecule has 9 nitrogen and oxygen atoms in total. The highest BCUT2D eigenvalue weighted by Crippen LogP contribution is 2.23. The van der Waals surface area contributed by atoms with Gasteiger partial charge in [0.05, 0.1) is 21.5 Å². The number of nitro groups is 1. The summed E-state index contributed by atoms with van der Waals surface area (Å²) in [5, 5.41) is 21.4. The van der Waals surface area contributed by atoms with Crippen LogP contribution in [0, 0.1) is 17.0 Å². The van der Waals surface area contributed by atoms with Gasteiger partial charge in [0.25, 0.3) is 0 Å². The van der Waals surface area contributed by atoms with Crippen molar-refractivity contribution < 1.29 is 4.92 Å². The zero-order valence-corrected chi connectivity index (χ0v) is 12.2. The van der Waals surface area contributed by atoms with Crippen molar-refractivity contribution in [2.24, 2.45) is 5.10 Å². The zero-order valence-electron chi connectivity index (χ0n) is 11.4. The Kier molecular flexibility index (Phi) is 3.43. The Labute approximate surface area is 128 Å². The van der Waals surface area contributed by atoms with Crippen LogP contribution in [0.5, 0.6) is 0 Å². The third-order valence-corrected chi connectivity index (χ3v) is 3.88. The van der Waals surface area contributed by atoms with Crippen LogP contribution in [0.2, 0.25) is 0 Å². The third kappa shape index (κ3) is 2.59. The van der Waals surface area contributed by atoms with E-state index in [9.17, 15) is 10.1 Å². The van der Waals surface area contributed by atoms with Crippen LogP contribution in [-0.2, 0) is 0 Å². The van der Waals surface area contributed by atoms with Crippen LogP contribution < -0.4 is 11.2 Å². The molecule has 3 heterocycles. The maximum atomic E-state index is 10.6. The summed E-state index contributed by atoms with van der Waals surface area (Å²) in [7, 11) is 0. The van der Waals surface area contributed by atoms with Gasteiger partial charge in [-0.3, -0.25) is 20.6 Å². The number of rotatable bonds is 4. The average Bonchev–Trinajstić information content (AvgIpc) is 3.07. The van der Waals surface area contributed by atoms with Crippen LogP contribution in [-0.4, -0.2) is 26.3 Å². The van der Waals surface area contributed by atoms with Crippen LogP contribution in [0.4, 0.5) is 16.6 Å². The molecule has 0 bridgehead atoms. The van der Waals surface area contributed by atoms with Crippen LogP contribution in [0.25, 0.3) is 11.0 Å². The molecule has 3 aromatic rings. The van der Waals surface area contributed by atoms with Gasteiger partial charge in [0.1, 0.15) is 11.3 Å². The minimum absolute atomic E-state index is 0.0722. The van der Waals surface area contributed by atoms with Crippen molar-refractivity contribution in [2.75, 3.05) is 11.2 Å². The largest absolute Gasteiger partial charge is 0.380 e. The van der Waals surface area contributed by atoms with Crippen LogP contribution in [0.1, 0.15) is 10.4 Å². The van der Waals surface area contributed by atoms with Crippen molar-refractivity contribution in [3.05, 3.63) is 38.8 Å². The van der Waals surface area contributed by atoms with E-state index >= 15 is 0 Å². The molecule has 3 rings (SSSR count). The SMILES string of the molecule is Cc1cc(NN=Cc2ccc([N+](=O)[O-])s2)nc2c(N)n[nH]c12. The Balaban J connectivity index is 1.79. The average molecular weight is 317 g/mol. The van der Waals surface area contributed by atoms with Crippen molar-refractivity contribution >= 4 is 45.2 Å². The van der Waals surface area contributed by atoms with E-state index in [1.165, 1.54) is 12.3 Å². The molecular weight excluding hydrogens is 306 g/mol. The molecule has 3 aromatic heterocycles. The lowest BCUT2D eigenvalue weighted by Gasteiger charge is -2.01. The third-order valence-electron chi connectivity index (χ3n) is 2.91. The fourth-order valence-corrected chi connectivity index (χ4v) is 2.59. The second-order valence-electron chi connectivity index (χ2n) is 4.46. The summed E-state index contributed by atoms with van der Waals surface area (Å²) in [5.74, 6) is 0.833. The topological polar surface area (TPSA) is 135 Å². The number of nitrogens with two attached hydrogens (primary N) is 1. The summed E-state index contributed by atoms with van der Waals surface area (Å²) in [4.78, 5) is 15.1. The molecule has 0 unspecified atom stereocenters. The zero-order chi connectivity index (χ0) is 15.7. The Morgan fingerprint density at radius 3 is 3.09 bits per heavy atom. The number of fused-ring (bicyclic) bond motifs is 1. The molecular formula is C12H11N7O2S. The second kappa shape index (κ2) is 5.41. The molecule has 0 aliphatic carbocycles. The first-order valence-corrected chi connectivity index (χ1v) is 7.01. The minimum atomic E-state index is -0.435. The highest BCUT2D eigenvalue weighted by atomic mass is 32.1. The molecule has 0 atom stereocenters. The number of thiophene rings is 1. The number of nitrogens with zero attached hydrogens (tertiary/aromatic N) is 4. The van der Waals surface area contributed by atoms with E-state index in [1.54, 1.807) is 12.1 Å². The van der Waals surface area contributed by atoms with Crippen molar-refractivity contribution in [3.8, 4) is 0 Å². The fraction of sp³-hybridized carbons (Fsp3) is 0.0833. The van der Waals surface area contributed by atoms with Crippen LogP contribution in [0.15, 0.2) is 23.3 Å². The number of aromatic amines is 1. The van der Waals surface area contributed by atoms with Gasteiger partial charge in [-0.25, -0.2) is 4.98 Å². The van der Waals surface area contributed by atoms with E-state index < -0.39 is 4.92 Å². The summed E-state index contributed by atoms with van der Waals surface area (Å²) in [6, 6.07) is 4.87. The first-order chi connectivity index (χ1) is 10.5. The molecule has 10 heteroatoms. The molecule has 0 aliphatic heterocycles. The highest BCUT2D eigenvalue weighted by Gasteiger charge is 2.09. The van der Waals surface area contributed by atoms with Crippen LogP contribution in [0.3, 0.4) is 0 Å². The Morgan fingerprint density at radius 2 is 2.36 bits per heavy atom. The van der Waals surface area contributed by atoms with E-state index in [1.807, 2.05) is 6.92 Å². The van der Waals surface area contributed by atoms with Crippen molar-refractivity contribution in [1.29, 1.82) is 0 Å². The number of pyridine rings is 1. The van der Waals surface area contributed by atoms with Gasteiger partial charge in [-0.2, -0.15) is 10.2 Å². The number of anilines is 2. The lowest BCUT2D eigenvalue weighted by atomic mass is 10.2. The number of H-pyrrole nitrogens is 1. The Hall–Kier alpha value is -3.01. The van der Waals surface area contributed by atoms with E-state index in [0.717, 1.165) is 22.4 Å². The van der Waals surface area contributed by atoms with Crippen molar-refractivity contribution in [1.82, 2.24) is 15.2 Å². The molecule has 112 valence electrons. The molecule has 0 saturated carbocycles. The monoisotopic (exact) mass is 317 g/mol. The van der Waals surface area contributed by atoms with Gasteiger partial charge in [0.15, 0.2) is 5.82 Å². The van der Waals surface area contributed by atoms with E-state index in [4.69, 9.17) is 5.73 Å². The number of nitrogen functional groups attached to an aromatic ring is 1.